The summed E-state index contributed by atoms with van der Waals surface area (Å²) in [7, 11) is 0. The van der Waals surface area contributed by atoms with Gasteiger partial charge in [0, 0.05) is 18.7 Å². The van der Waals surface area contributed by atoms with Crippen LogP contribution in [0.15, 0.2) is 72.8 Å². The third-order valence-electron chi connectivity index (χ3n) is 5.81. The zero-order valence-electron chi connectivity index (χ0n) is 16.4. The number of carbonyl (C=O) groups is 3. The highest BCUT2D eigenvalue weighted by molar-refractivity contribution is 6.21. The van der Waals surface area contributed by atoms with Crippen LogP contribution in [0.5, 0.6) is 0 Å². The molecule has 0 atom stereocenters. The summed E-state index contributed by atoms with van der Waals surface area (Å²) in [6.07, 6.45) is 0.844. The van der Waals surface area contributed by atoms with Gasteiger partial charge in [0.05, 0.1) is 17.7 Å². The minimum Gasteiger partial charge on any atom is -0.334 e. The molecule has 2 aliphatic rings. The summed E-state index contributed by atoms with van der Waals surface area (Å²) in [6.45, 7) is 1.42. The molecule has 0 aliphatic carbocycles. The largest absolute Gasteiger partial charge is 0.334 e. The zero-order chi connectivity index (χ0) is 20.7. The molecule has 0 N–H and O–H groups in total. The fourth-order valence-electron chi connectivity index (χ4n) is 4.22. The molecule has 2 heterocycles. The van der Waals surface area contributed by atoms with Crippen LogP contribution in [0.25, 0.3) is 0 Å². The summed E-state index contributed by atoms with van der Waals surface area (Å²) in [5.74, 6) is -0.617. The molecule has 30 heavy (non-hydrogen) atoms. The highest BCUT2D eigenvalue weighted by atomic mass is 16.2. The van der Waals surface area contributed by atoms with Gasteiger partial charge in [0.15, 0.2) is 0 Å². The van der Waals surface area contributed by atoms with Gasteiger partial charge in [-0.05, 0) is 47.4 Å². The van der Waals surface area contributed by atoms with Crippen molar-refractivity contribution in [2.45, 2.75) is 19.5 Å². The Morgan fingerprint density at radius 2 is 1.47 bits per heavy atom. The van der Waals surface area contributed by atoms with E-state index in [1.807, 2.05) is 23.1 Å². The van der Waals surface area contributed by atoms with Crippen molar-refractivity contribution < 1.29 is 14.4 Å². The Bertz CT molecular complexity index is 1150. The molecule has 5 rings (SSSR count). The van der Waals surface area contributed by atoms with Crippen molar-refractivity contribution in [3.63, 3.8) is 0 Å². The van der Waals surface area contributed by atoms with Crippen LogP contribution in [0.1, 0.15) is 47.8 Å². The summed E-state index contributed by atoms with van der Waals surface area (Å²) in [5, 5.41) is 0. The van der Waals surface area contributed by atoms with Crippen LogP contribution < -0.4 is 0 Å². The summed E-state index contributed by atoms with van der Waals surface area (Å²) >= 11 is 0. The molecule has 2 aliphatic heterocycles. The molecule has 3 aromatic rings. The molecule has 0 saturated heterocycles. The average Bonchev–Trinajstić information content (AvgIpc) is 3.03. The van der Waals surface area contributed by atoms with E-state index < -0.39 is 0 Å². The van der Waals surface area contributed by atoms with Crippen molar-refractivity contribution in [2.24, 2.45) is 0 Å². The van der Waals surface area contributed by atoms with Crippen molar-refractivity contribution in [3.8, 4) is 0 Å². The van der Waals surface area contributed by atoms with Gasteiger partial charge in [-0.15, -0.1) is 0 Å². The molecule has 0 unspecified atom stereocenters. The monoisotopic (exact) mass is 396 g/mol. The van der Waals surface area contributed by atoms with E-state index in [4.69, 9.17) is 0 Å². The van der Waals surface area contributed by atoms with Gasteiger partial charge >= 0.3 is 0 Å². The van der Waals surface area contributed by atoms with Gasteiger partial charge in [-0.2, -0.15) is 0 Å². The molecule has 0 saturated carbocycles. The van der Waals surface area contributed by atoms with Crippen LogP contribution in [-0.2, 0) is 19.5 Å². The Labute approximate surface area is 174 Å². The molecule has 3 aromatic carbocycles. The van der Waals surface area contributed by atoms with Crippen molar-refractivity contribution in [2.75, 3.05) is 6.54 Å². The van der Waals surface area contributed by atoms with Crippen LogP contribution in [0.4, 0.5) is 0 Å². The van der Waals surface area contributed by atoms with E-state index in [0.717, 1.165) is 12.0 Å². The lowest BCUT2D eigenvalue weighted by atomic mass is 9.99. The fourth-order valence-corrected chi connectivity index (χ4v) is 4.22. The second-order valence-corrected chi connectivity index (χ2v) is 7.69. The Balaban J connectivity index is 1.35. The van der Waals surface area contributed by atoms with Crippen LogP contribution >= 0.6 is 0 Å². The number of hydrogen-bond acceptors (Lipinski definition) is 3. The molecule has 0 aromatic heterocycles. The Kier molecular flexibility index (Phi) is 4.43. The number of imide groups is 1. The number of benzene rings is 3. The quantitative estimate of drug-likeness (QED) is 0.635. The smallest absolute Gasteiger partial charge is 0.261 e. The number of fused-ring (bicyclic) bond motifs is 2. The number of hydrogen-bond donors (Lipinski definition) is 0. The molecule has 148 valence electrons. The maximum Gasteiger partial charge on any atom is 0.261 e. The highest BCUT2D eigenvalue weighted by Crippen LogP contribution is 2.25. The first-order chi connectivity index (χ1) is 14.6. The van der Waals surface area contributed by atoms with E-state index >= 15 is 0 Å². The van der Waals surface area contributed by atoms with Crippen molar-refractivity contribution >= 4 is 17.7 Å². The maximum atomic E-state index is 13.1. The maximum absolute atomic E-state index is 13.1. The van der Waals surface area contributed by atoms with Gasteiger partial charge in [0.2, 0.25) is 0 Å². The lowest BCUT2D eigenvalue weighted by Gasteiger charge is -2.29. The van der Waals surface area contributed by atoms with E-state index in [-0.39, 0.29) is 24.3 Å². The minimum atomic E-state index is -0.292. The van der Waals surface area contributed by atoms with Gasteiger partial charge in [-0.25, -0.2) is 0 Å². The number of carbonyl (C=O) groups excluding carboxylic acids is 3. The fraction of sp³-hybridized carbons (Fsp3) is 0.160. The first kappa shape index (κ1) is 18.3. The van der Waals surface area contributed by atoms with Crippen LogP contribution in [0, 0.1) is 0 Å². The van der Waals surface area contributed by atoms with Gasteiger partial charge in [-0.1, -0.05) is 48.5 Å². The molecule has 0 bridgehead atoms. The summed E-state index contributed by atoms with van der Waals surface area (Å²) in [6, 6.07) is 22.3. The van der Waals surface area contributed by atoms with E-state index in [2.05, 4.69) is 12.1 Å². The second-order valence-electron chi connectivity index (χ2n) is 7.69. The van der Waals surface area contributed by atoms with Gasteiger partial charge in [0.25, 0.3) is 17.7 Å². The summed E-state index contributed by atoms with van der Waals surface area (Å²) in [5.41, 5.74) is 4.67. The van der Waals surface area contributed by atoms with Gasteiger partial charge < -0.3 is 4.90 Å². The van der Waals surface area contributed by atoms with E-state index in [0.29, 0.717) is 29.8 Å². The predicted molar refractivity (Wildman–Crippen MR) is 112 cm³/mol. The van der Waals surface area contributed by atoms with Crippen LogP contribution in [0.3, 0.4) is 0 Å². The van der Waals surface area contributed by atoms with Crippen molar-refractivity contribution in [3.05, 3.63) is 106 Å². The molecular weight excluding hydrogens is 376 g/mol. The molecule has 0 radical (unpaired) electrons. The first-order valence-corrected chi connectivity index (χ1v) is 10.0. The summed E-state index contributed by atoms with van der Waals surface area (Å²) < 4.78 is 0. The SMILES string of the molecule is O=C(c1cccc(CN2C(=O)c3ccccc3C2=O)c1)N1CCc2ccccc2C1. The lowest BCUT2D eigenvalue weighted by molar-refractivity contribution is 0.0642. The Morgan fingerprint density at radius 3 is 2.20 bits per heavy atom. The van der Waals surface area contributed by atoms with Gasteiger partial charge in [0.1, 0.15) is 0 Å². The standard InChI is InChI=1S/C25H20N2O3/c28-23(26-13-12-18-7-1-2-8-20(18)16-26)19-9-5-6-17(14-19)15-27-24(29)21-10-3-4-11-22(21)25(27)30/h1-11,14H,12-13,15-16H2. The molecule has 0 fully saturated rings. The van der Waals surface area contributed by atoms with E-state index in [1.54, 1.807) is 42.5 Å². The lowest BCUT2D eigenvalue weighted by Crippen LogP contribution is -2.36. The molecular formula is C25H20N2O3. The molecule has 5 heteroatoms. The first-order valence-electron chi connectivity index (χ1n) is 10.0. The Hall–Kier alpha value is -3.73. The van der Waals surface area contributed by atoms with E-state index in [9.17, 15) is 14.4 Å². The molecule has 3 amide bonds. The topological polar surface area (TPSA) is 57.7 Å². The van der Waals surface area contributed by atoms with Gasteiger partial charge in [-0.3, -0.25) is 19.3 Å². The Morgan fingerprint density at radius 1 is 0.800 bits per heavy atom. The van der Waals surface area contributed by atoms with Crippen LogP contribution in [-0.4, -0.2) is 34.1 Å². The normalized spacial score (nSPS) is 15.2. The third-order valence-corrected chi connectivity index (χ3v) is 5.81. The minimum absolute atomic E-state index is 0.0336. The average molecular weight is 396 g/mol. The number of amides is 3. The number of rotatable bonds is 3. The number of nitrogens with zero attached hydrogens (tertiary/aromatic N) is 2. The highest BCUT2D eigenvalue weighted by Gasteiger charge is 2.35. The van der Waals surface area contributed by atoms with Crippen molar-refractivity contribution in [1.82, 2.24) is 9.80 Å². The molecule has 0 spiro atoms. The molecule has 5 nitrogen and oxygen atoms in total. The third kappa shape index (κ3) is 3.08. The van der Waals surface area contributed by atoms with Crippen LogP contribution in [0.2, 0.25) is 0 Å². The predicted octanol–water partition coefficient (Wildman–Crippen LogP) is 3.68. The summed E-state index contributed by atoms with van der Waals surface area (Å²) in [4.78, 5) is 41.4. The van der Waals surface area contributed by atoms with Crippen molar-refractivity contribution in [1.29, 1.82) is 0 Å². The zero-order valence-corrected chi connectivity index (χ0v) is 16.4. The second kappa shape index (κ2) is 7.26. The van der Waals surface area contributed by atoms with E-state index in [1.165, 1.54) is 16.0 Å².